The van der Waals surface area contributed by atoms with Crippen LogP contribution in [-0.2, 0) is 24.3 Å². The Labute approximate surface area is 266 Å². The second kappa shape index (κ2) is 12.4. The quantitative estimate of drug-likeness (QED) is 0.222. The van der Waals surface area contributed by atoms with E-state index < -0.39 is 52.5 Å². The van der Waals surface area contributed by atoms with Crippen LogP contribution in [0, 0.1) is 17.6 Å². The number of benzene rings is 1. The Hall–Kier alpha value is -4.43. The third-order valence-corrected chi connectivity index (χ3v) is 9.02. The Balaban J connectivity index is 1.39. The maximum atomic E-state index is 15.2. The third-order valence-electron chi connectivity index (χ3n) is 8.66. The number of rotatable bonds is 7. The zero-order valence-corrected chi connectivity index (χ0v) is 25.9. The lowest BCUT2D eigenvalue weighted by Crippen LogP contribution is -2.52. The summed E-state index contributed by atoms with van der Waals surface area (Å²) in [6.07, 6.45) is 3.43. The summed E-state index contributed by atoms with van der Waals surface area (Å²) < 4.78 is 47.6. The number of piperazine rings is 1. The molecule has 0 spiro atoms. The van der Waals surface area contributed by atoms with Gasteiger partial charge in [0.05, 0.1) is 16.6 Å². The topological polar surface area (TPSA) is 126 Å². The van der Waals surface area contributed by atoms with E-state index >= 15 is 4.39 Å². The van der Waals surface area contributed by atoms with E-state index in [1.165, 1.54) is 21.4 Å². The van der Waals surface area contributed by atoms with Crippen molar-refractivity contribution in [2.75, 3.05) is 36.4 Å². The number of aldehydes is 1. The molecule has 0 radical (unpaired) electrons. The first-order chi connectivity index (χ1) is 22.0. The number of likely N-dealkylation sites (N-methyl/N-ethyl adjacent to an activating group) is 1. The number of aromatic nitrogens is 4. The summed E-state index contributed by atoms with van der Waals surface area (Å²) in [5.74, 6) is -5.13. The molecule has 1 unspecified atom stereocenters. The molecule has 0 bridgehead atoms. The van der Waals surface area contributed by atoms with Crippen LogP contribution in [0.1, 0.15) is 42.9 Å². The van der Waals surface area contributed by atoms with Crippen LogP contribution in [0.2, 0.25) is 5.02 Å². The molecule has 2 aliphatic rings. The van der Waals surface area contributed by atoms with Crippen LogP contribution >= 0.6 is 11.6 Å². The lowest BCUT2D eigenvalue weighted by molar-refractivity contribution is -0.116. The highest BCUT2D eigenvalue weighted by atomic mass is 35.5. The van der Waals surface area contributed by atoms with Crippen LogP contribution in [0.25, 0.3) is 22.2 Å². The Morgan fingerprint density at radius 3 is 2.63 bits per heavy atom. The fourth-order valence-electron chi connectivity index (χ4n) is 6.26. The second-order valence-electron chi connectivity index (χ2n) is 11.5. The average Bonchev–Trinajstić information content (AvgIpc) is 3.39. The van der Waals surface area contributed by atoms with Gasteiger partial charge in [0, 0.05) is 62.0 Å². The number of nitrogens with one attached hydrogen (secondary N) is 1. The van der Waals surface area contributed by atoms with Crippen molar-refractivity contribution in [1.82, 2.24) is 24.0 Å². The Kier molecular flexibility index (Phi) is 8.51. The maximum Gasteiger partial charge on any atom is 0.263 e. The van der Waals surface area contributed by atoms with Crippen molar-refractivity contribution < 1.29 is 27.9 Å². The van der Waals surface area contributed by atoms with Crippen LogP contribution < -0.4 is 15.8 Å². The first-order valence-corrected chi connectivity index (χ1v) is 15.3. The summed E-state index contributed by atoms with van der Waals surface area (Å²) in [7, 11) is 0. The molecule has 1 amide bonds. The van der Waals surface area contributed by atoms with Gasteiger partial charge in [-0.3, -0.25) is 23.9 Å². The number of hydrogen-bond donors (Lipinski definition) is 2. The molecule has 46 heavy (non-hydrogen) atoms. The fraction of sp³-hybridized carbons (Fsp3) is 0.387. The maximum absolute atomic E-state index is 15.2. The standard InChI is InChI=1S/C31H31ClF3N7O4/c1-3-39-8-9-41(16(2)12-39)22-11-20(25(32)29(35)37-22)36-23(44)14-40-13-19(18-10-17(15-43)28(45)27(34)26(18)33)24-30(40)38-21-6-4-5-7-42(21)31(24)46/h10-11,13,15-16,45H,3-9,12,14H2,1-2H3,(H,36,37,44). The van der Waals surface area contributed by atoms with Crippen molar-refractivity contribution in [2.24, 2.45) is 0 Å². The van der Waals surface area contributed by atoms with E-state index in [0.29, 0.717) is 37.6 Å². The third kappa shape index (κ3) is 5.49. The molecule has 2 N–H and O–H groups in total. The lowest BCUT2D eigenvalue weighted by atomic mass is 10.0. The lowest BCUT2D eigenvalue weighted by Gasteiger charge is -2.40. The van der Waals surface area contributed by atoms with Crippen LogP contribution in [0.15, 0.2) is 23.1 Å². The van der Waals surface area contributed by atoms with Crippen molar-refractivity contribution in [2.45, 2.75) is 52.2 Å². The second-order valence-corrected chi connectivity index (χ2v) is 11.9. The van der Waals surface area contributed by atoms with Crippen molar-refractivity contribution in [3.63, 3.8) is 0 Å². The van der Waals surface area contributed by atoms with Gasteiger partial charge in [-0.25, -0.2) is 14.4 Å². The van der Waals surface area contributed by atoms with Gasteiger partial charge in [0.25, 0.3) is 5.56 Å². The summed E-state index contributed by atoms with van der Waals surface area (Å²) in [5.41, 5.74) is -1.58. The highest BCUT2D eigenvalue weighted by Crippen LogP contribution is 2.36. The van der Waals surface area contributed by atoms with E-state index in [2.05, 4.69) is 27.1 Å². The number of phenols is 1. The van der Waals surface area contributed by atoms with E-state index in [1.807, 2.05) is 11.8 Å². The molecule has 1 fully saturated rings. The number of carbonyl (C=O) groups excluding carboxylic acids is 2. The Morgan fingerprint density at radius 2 is 1.91 bits per heavy atom. The number of anilines is 2. The highest BCUT2D eigenvalue weighted by molar-refractivity contribution is 6.33. The number of aromatic hydroxyl groups is 1. The van der Waals surface area contributed by atoms with Gasteiger partial charge in [-0.2, -0.15) is 8.78 Å². The molecular formula is C31H31ClF3N7O4. The van der Waals surface area contributed by atoms with Crippen molar-refractivity contribution in [3.8, 4) is 16.9 Å². The van der Waals surface area contributed by atoms with Crippen LogP contribution in [0.3, 0.4) is 0 Å². The molecule has 11 nitrogen and oxygen atoms in total. The number of carbonyl (C=O) groups is 2. The van der Waals surface area contributed by atoms with E-state index in [0.717, 1.165) is 32.1 Å². The first kappa shape index (κ1) is 31.5. The smallest absolute Gasteiger partial charge is 0.263 e. The monoisotopic (exact) mass is 657 g/mol. The number of nitrogens with zero attached hydrogens (tertiary/aromatic N) is 6. The number of pyridine rings is 1. The molecule has 1 aromatic carbocycles. The van der Waals surface area contributed by atoms with Gasteiger partial charge in [-0.1, -0.05) is 18.5 Å². The number of halogens is 4. The summed E-state index contributed by atoms with van der Waals surface area (Å²) >= 11 is 6.22. The van der Waals surface area contributed by atoms with Gasteiger partial charge in [0.1, 0.15) is 28.9 Å². The Morgan fingerprint density at radius 1 is 1.13 bits per heavy atom. The molecule has 4 aromatic rings. The minimum absolute atomic E-state index is 0.0105. The normalized spacial score (nSPS) is 16.9. The van der Waals surface area contributed by atoms with Crippen LogP contribution in [-0.4, -0.2) is 73.5 Å². The molecular weight excluding hydrogens is 627 g/mol. The summed E-state index contributed by atoms with van der Waals surface area (Å²) in [5, 5.41) is 12.0. The van der Waals surface area contributed by atoms with E-state index in [9.17, 15) is 28.3 Å². The molecule has 3 aromatic heterocycles. The van der Waals surface area contributed by atoms with Gasteiger partial charge in [-0.15, -0.1) is 0 Å². The van der Waals surface area contributed by atoms with Gasteiger partial charge in [0.15, 0.2) is 17.9 Å². The van der Waals surface area contributed by atoms with Crippen molar-refractivity contribution in [3.05, 3.63) is 62.7 Å². The predicted octanol–water partition coefficient (Wildman–Crippen LogP) is 4.35. The first-order valence-electron chi connectivity index (χ1n) is 15.0. The van der Waals surface area contributed by atoms with Crippen LogP contribution in [0.4, 0.5) is 24.7 Å². The number of phenolic OH excluding ortho intramolecular Hbond substituents is 1. The highest BCUT2D eigenvalue weighted by Gasteiger charge is 2.28. The summed E-state index contributed by atoms with van der Waals surface area (Å²) in [6, 6.07) is 2.46. The predicted molar refractivity (Wildman–Crippen MR) is 166 cm³/mol. The minimum atomic E-state index is -1.65. The number of fused-ring (bicyclic) bond motifs is 2. The molecule has 242 valence electrons. The number of hydrogen-bond acceptors (Lipinski definition) is 8. The summed E-state index contributed by atoms with van der Waals surface area (Å²) in [6.45, 7) is 6.96. The number of aryl methyl sites for hydroxylation is 1. The SMILES string of the molecule is CCN1CCN(c2cc(NC(=O)Cn3cc(-c4cc(C=O)c(O)c(F)c4F)c4c(=O)n5c(nc43)CCCC5)c(Cl)c(F)n2)C(C)C1. The molecule has 0 aliphatic carbocycles. The molecule has 5 heterocycles. The van der Waals surface area contributed by atoms with Gasteiger partial charge >= 0.3 is 0 Å². The molecule has 0 saturated carbocycles. The molecule has 1 saturated heterocycles. The minimum Gasteiger partial charge on any atom is -0.504 e. The van der Waals surface area contributed by atoms with Crippen molar-refractivity contribution in [1.29, 1.82) is 0 Å². The largest absolute Gasteiger partial charge is 0.504 e. The van der Waals surface area contributed by atoms with E-state index in [-0.39, 0.29) is 39.6 Å². The molecule has 2 aliphatic heterocycles. The van der Waals surface area contributed by atoms with Gasteiger partial charge in [-0.05, 0) is 32.4 Å². The van der Waals surface area contributed by atoms with Gasteiger partial charge in [0.2, 0.25) is 17.7 Å². The van der Waals surface area contributed by atoms with Crippen molar-refractivity contribution >= 4 is 46.3 Å². The molecule has 1 atom stereocenters. The summed E-state index contributed by atoms with van der Waals surface area (Å²) in [4.78, 5) is 51.5. The number of amides is 1. The van der Waals surface area contributed by atoms with E-state index in [4.69, 9.17) is 11.6 Å². The zero-order valence-electron chi connectivity index (χ0n) is 25.1. The Bertz CT molecular complexity index is 1950. The van der Waals surface area contributed by atoms with Gasteiger partial charge < -0.3 is 19.9 Å². The van der Waals surface area contributed by atoms with E-state index in [1.54, 1.807) is 0 Å². The average molecular weight is 658 g/mol. The molecule has 15 heteroatoms. The van der Waals surface area contributed by atoms with Crippen LogP contribution in [0.5, 0.6) is 5.75 Å². The molecule has 6 rings (SSSR count). The fourth-order valence-corrected chi connectivity index (χ4v) is 6.41. The zero-order chi connectivity index (χ0) is 32.9.